The van der Waals surface area contributed by atoms with Gasteiger partial charge in [0.25, 0.3) is 0 Å². The lowest BCUT2D eigenvalue weighted by molar-refractivity contribution is -0.116. The third kappa shape index (κ3) is 6.70. The van der Waals surface area contributed by atoms with E-state index in [4.69, 9.17) is 4.74 Å². The maximum Gasteiger partial charge on any atom is 0.387 e. The first-order chi connectivity index (χ1) is 14.6. The number of benzene rings is 2. The van der Waals surface area contributed by atoms with Crippen LogP contribution in [-0.2, 0) is 17.9 Å². The Morgan fingerprint density at radius 1 is 1.03 bits per heavy atom. The topological polar surface area (TPSA) is 60.5 Å². The standard InChI is InChI=1S/C23H20F2N2O3/c24-23(25)30-20-9-5-4-8-19(20)10-11-21(28)27-15-18-12-13-26-22(14-18)29-16-17-6-2-1-3-7-17/h1-14,23H,15-16H2,(H,27,28)/b11-10+. The molecule has 0 aliphatic carbocycles. The largest absolute Gasteiger partial charge is 0.473 e. The van der Waals surface area contributed by atoms with E-state index in [1.807, 2.05) is 30.3 Å². The van der Waals surface area contributed by atoms with Crippen LogP contribution in [0.1, 0.15) is 16.7 Å². The van der Waals surface area contributed by atoms with Crippen molar-refractivity contribution < 1.29 is 23.0 Å². The van der Waals surface area contributed by atoms with Crippen LogP contribution in [0.2, 0.25) is 0 Å². The van der Waals surface area contributed by atoms with Crippen molar-refractivity contribution in [2.45, 2.75) is 19.8 Å². The van der Waals surface area contributed by atoms with Crippen LogP contribution in [0.3, 0.4) is 0 Å². The normalized spacial score (nSPS) is 10.9. The molecule has 2 aromatic carbocycles. The second-order valence-electron chi connectivity index (χ2n) is 6.24. The number of amides is 1. The number of hydrogen-bond donors (Lipinski definition) is 1. The van der Waals surface area contributed by atoms with Crippen LogP contribution in [0.4, 0.5) is 8.78 Å². The van der Waals surface area contributed by atoms with E-state index in [0.29, 0.717) is 18.1 Å². The SMILES string of the molecule is O=C(/C=C/c1ccccc1OC(F)F)NCc1ccnc(OCc2ccccc2)c1. The monoisotopic (exact) mass is 410 g/mol. The van der Waals surface area contributed by atoms with Gasteiger partial charge in [-0.15, -0.1) is 0 Å². The number of para-hydroxylation sites is 1. The number of rotatable bonds is 9. The highest BCUT2D eigenvalue weighted by atomic mass is 19.3. The van der Waals surface area contributed by atoms with Gasteiger partial charge in [-0.05, 0) is 29.3 Å². The molecular formula is C23H20F2N2O3. The fourth-order valence-corrected chi connectivity index (χ4v) is 2.61. The maximum atomic E-state index is 12.5. The Kier molecular flexibility index (Phi) is 7.49. The van der Waals surface area contributed by atoms with Crippen LogP contribution in [0.15, 0.2) is 79.0 Å². The Morgan fingerprint density at radius 3 is 2.60 bits per heavy atom. The molecule has 0 atom stereocenters. The average Bonchev–Trinajstić information content (AvgIpc) is 2.76. The molecule has 0 unspecified atom stereocenters. The van der Waals surface area contributed by atoms with Gasteiger partial charge in [-0.3, -0.25) is 4.79 Å². The van der Waals surface area contributed by atoms with Gasteiger partial charge in [-0.25, -0.2) is 4.98 Å². The molecule has 0 bridgehead atoms. The van der Waals surface area contributed by atoms with Crippen molar-refractivity contribution in [3.05, 3.63) is 95.7 Å². The first kappa shape index (κ1) is 21.0. The summed E-state index contributed by atoms with van der Waals surface area (Å²) in [6, 6.07) is 19.5. The number of nitrogens with zero attached hydrogens (tertiary/aromatic N) is 1. The first-order valence-corrected chi connectivity index (χ1v) is 9.21. The second kappa shape index (κ2) is 10.7. The Hall–Kier alpha value is -3.74. The van der Waals surface area contributed by atoms with Crippen molar-refractivity contribution in [1.29, 1.82) is 0 Å². The molecule has 30 heavy (non-hydrogen) atoms. The number of carbonyl (C=O) groups is 1. The van der Waals surface area contributed by atoms with E-state index in [9.17, 15) is 13.6 Å². The zero-order chi connectivity index (χ0) is 21.2. The van der Waals surface area contributed by atoms with Crippen LogP contribution in [-0.4, -0.2) is 17.5 Å². The first-order valence-electron chi connectivity index (χ1n) is 9.21. The third-order valence-electron chi connectivity index (χ3n) is 4.04. The van der Waals surface area contributed by atoms with Gasteiger partial charge in [0.1, 0.15) is 12.4 Å². The summed E-state index contributed by atoms with van der Waals surface area (Å²) in [6.07, 6.45) is 4.30. The highest BCUT2D eigenvalue weighted by Crippen LogP contribution is 2.21. The predicted molar refractivity (Wildman–Crippen MR) is 109 cm³/mol. The lowest BCUT2D eigenvalue weighted by Crippen LogP contribution is -2.20. The van der Waals surface area contributed by atoms with Crippen LogP contribution < -0.4 is 14.8 Å². The van der Waals surface area contributed by atoms with Crippen molar-refractivity contribution >= 4 is 12.0 Å². The van der Waals surface area contributed by atoms with Crippen LogP contribution in [0.25, 0.3) is 6.08 Å². The van der Waals surface area contributed by atoms with Gasteiger partial charge in [0.2, 0.25) is 11.8 Å². The van der Waals surface area contributed by atoms with E-state index in [0.717, 1.165) is 11.1 Å². The van der Waals surface area contributed by atoms with Crippen molar-refractivity contribution in [3.63, 3.8) is 0 Å². The number of aromatic nitrogens is 1. The fourth-order valence-electron chi connectivity index (χ4n) is 2.61. The summed E-state index contributed by atoms with van der Waals surface area (Å²) in [4.78, 5) is 16.3. The number of pyridine rings is 1. The molecule has 154 valence electrons. The molecule has 0 spiro atoms. The van der Waals surface area contributed by atoms with Gasteiger partial charge >= 0.3 is 6.61 Å². The number of carbonyl (C=O) groups excluding carboxylic acids is 1. The minimum absolute atomic E-state index is 0.00545. The predicted octanol–water partition coefficient (Wildman–Crippen LogP) is 4.59. The summed E-state index contributed by atoms with van der Waals surface area (Å²) in [7, 11) is 0. The zero-order valence-corrected chi connectivity index (χ0v) is 16.0. The fraction of sp³-hybridized carbons (Fsp3) is 0.130. The number of hydrogen-bond acceptors (Lipinski definition) is 4. The smallest absolute Gasteiger partial charge is 0.387 e. The van der Waals surface area contributed by atoms with Crippen LogP contribution >= 0.6 is 0 Å². The van der Waals surface area contributed by atoms with E-state index in [2.05, 4.69) is 15.0 Å². The van der Waals surface area contributed by atoms with Crippen molar-refractivity contribution in [3.8, 4) is 11.6 Å². The molecule has 3 aromatic rings. The second-order valence-corrected chi connectivity index (χ2v) is 6.24. The number of alkyl halides is 2. The lowest BCUT2D eigenvalue weighted by Gasteiger charge is -2.08. The van der Waals surface area contributed by atoms with E-state index >= 15 is 0 Å². The molecule has 0 saturated heterocycles. The molecule has 5 nitrogen and oxygen atoms in total. The Balaban J connectivity index is 1.53. The van der Waals surface area contributed by atoms with Crippen molar-refractivity contribution in [1.82, 2.24) is 10.3 Å². The summed E-state index contributed by atoms with van der Waals surface area (Å²) in [5.74, 6) is 0.0931. The molecule has 0 fully saturated rings. The molecule has 1 amide bonds. The summed E-state index contributed by atoms with van der Waals surface area (Å²) >= 11 is 0. The summed E-state index contributed by atoms with van der Waals surface area (Å²) in [5.41, 5.74) is 2.23. The Labute approximate surface area is 173 Å². The quantitative estimate of drug-likeness (QED) is 0.524. The molecule has 0 saturated carbocycles. The van der Waals surface area contributed by atoms with Gasteiger partial charge in [0, 0.05) is 30.4 Å². The highest BCUT2D eigenvalue weighted by molar-refractivity contribution is 5.92. The van der Waals surface area contributed by atoms with Gasteiger partial charge in [0.15, 0.2) is 0 Å². The van der Waals surface area contributed by atoms with Crippen molar-refractivity contribution in [2.75, 3.05) is 0 Å². The maximum absolute atomic E-state index is 12.5. The molecule has 1 aromatic heterocycles. The van der Waals surface area contributed by atoms with Gasteiger partial charge in [-0.2, -0.15) is 8.78 Å². The molecule has 1 heterocycles. The average molecular weight is 410 g/mol. The molecule has 3 rings (SSSR count). The molecular weight excluding hydrogens is 390 g/mol. The summed E-state index contributed by atoms with van der Waals surface area (Å²) < 4.78 is 35.0. The summed E-state index contributed by atoms with van der Waals surface area (Å²) in [6.45, 7) is -2.27. The van der Waals surface area contributed by atoms with Crippen molar-refractivity contribution in [2.24, 2.45) is 0 Å². The van der Waals surface area contributed by atoms with E-state index in [1.165, 1.54) is 18.2 Å². The van der Waals surface area contributed by atoms with Crippen LogP contribution in [0.5, 0.6) is 11.6 Å². The van der Waals surface area contributed by atoms with E-state index in [-0.39, 0.29) is 18.2 Å². The number of halogens is 2. The van der Waals surface area contributed by atoms with Gasteiger partial charge in [0.05, 0.1) is 0 Å². The molecule has 0 radical (unpaired) electrons. The molecule has 0 aliphatic heterocycles. The molecule has 7 heteroatoms. The molecule has 0 aliphatic rings. The minimum atomic E-state index is -2.93. The Bertz CT molecular complexity index is 995. The zero-order valence-electron chi connectivity index (χ0n) is 16.0. The Morgan fingerprint density at radius 2 is 1.80 bits per heavy atom. The number of nitrogens with one attached hydrogen (secondary N) is 1. The van der Waals surface area contributed by atoms with Crippen LogP contribution in [0, 0.1) is 0 Å². The highest BCUT2D eigenvalue weighted by Gasteiger charge is 2.07. The lowest BCUT2D eigenvalue weighted by atomic mass is 10.2. The van der Waals surface area contributed by atoms with Gasteiger partial charge in [-0.1, -0.05) is 48.5 Å². The van der Waals surface area contributed by atoms with E-state index in [1.54, 1.807) is 36.5 Å². The minimum Gasteiger partial charge on any atom is -0.473 e. The summed E-state index contributed by atoms with van der Waals surface area (Å²) in [5, 5.41) is 2.73. The number of ether oxygens (including phenoxy) is 2. The van der Waals surface area contributed by atoms with Gasteiger partial charge < -0.3 is 14.8 Å². The molecule has 1 N–H and O–H groups in total. The van der Waals surface area contributed by atoms with E-state index < -0.39 is 6.61 Å². The third-order valence-corrected chi connectivity index (χ3v) is 4.04.